The fourth-order valence-electron chi connectivity index (χ4n) is 2.68. The summed E-state index contributed by atoms with van der Waals surface area (Å²) < 4.78 is 16.7. The first-order valence-electron chi connectivity index (χ1n) is 9.54. The van der Waals surface area contributed by atoms with Crippen LogP contribution in [0.2, 0.25) is 10.0 Å². The molecule has 0 saturated carbocycles. The van der Waals surface area contributed by atoms with E-state index in [2.05, 4.69) is 15.3 Å². The summed E-state index contributed by atoms with van der Waals surface area (Å²) in [7, 11) is 0.841. The number of nitrogens with two attached hydrogens (primary N) is 1. The molecule has 2 atom stereocenters. The number of carbonyl (C=O) groups is 1. The molecule has 0 aliphatic rings. The third-order valence-electron chi connectivity index (χ3n) is 4.36. The summed E-state index contributed by atoms with van der Waals surface area (Å²) in [5, 5.41) is 11.9. The molecule has 0 amide bonds. The van der Waals surface area contributed by atoms with Gasteiger partial charge in [-0.05, 0) is 37.3 Å². The SMILES string of the molecule is CC(Oc1ccc(N)c(C(=N)C=O)c1)c1c(Cl)cncc1Cl.CNc1ccc(S(C)=O)nc1. The number of pyridine rings is 2. The molecular formula is C22H23Cl2N5O3S. The summed E-state index contributed by atoms with van der Waals surface area (Å²) in [4.78, 5) is 18.6. The second-order valence-electron chi connectivity index (χ2n) is 6.65. The van der Waals surface area contributed by atoms with Crippen molar-refractivity contribution >= 4 is 57.4 Å². The molecule has 3 aromatic rings. The Hall–Kier alpha value is -3.01. The van der Waals surface area contributed by atoms with E-state index in [-0.39, 0.29) is 5.71 Å². The highest BCUT2D eigenvalue weighted by Gasteiger charge is 2.17. The zero-order valence-corrected chi connectivity index (χ0v) is 20.5. The predicted octanol–water partition coefficient (Wildman–Crippen LogP) is 4.54. The van der Waals surface area contributed by atoms with Gasteiger partial charge in [0.15, 0.2) is 6.29 Å². The summed E-state index contributed by atoms with van der Waals surface area (Å²) in [5.41, 5.74) is 7.72. The summed E-state index contributed by atoms with van der Waals surface area (Å²) in [6.45, 7) is 1.79. The van der Waals surface area contributed by atoms with Gasteiger partial charge in [0.1, 0.15) is 22.6 Å². The zero-order chi connectivity index (χ0) is 24.5. The maximum atomic E-state index is 10.9. The van der Waals surface area contributed by atoms with Crippen LogP contribution in [0.4, 0.5) is 11.4 Å². The Balaban J connectivity index is 0.000000294. The zero-order valence-electron chi connectivity index (χ0n) is 18.1. The number of ether oxygens (including phenoxy) is 1. The van der Waals surface area contributed by atoms with Gasteiger partial charge in [0.25, 0.3) is 0 Å². The number of rotatable bonds is 7. The van der Waals surface area contributed by atoms with Crippen molar-refractivity contribution in [2.24, 2.45) is 0 Å². The molecule has 11 heteroatoms. The van der Waals surface area contributed by atoms with Crippen molar-refractivity contribution in [2.75, 3.05) is 24.4 Å². The number of nitrogens with zero attached hydrogens (tertiary/aromatic N) is 2. The van der Waals surface area contributed by atoms with E-state index in [0.29, 0.717) is 43.9 Å². The van der Waals surface area contributed by atoms with Crippen LogP contribution in [0.25, 0.3) is 0 Å². The van der Waals surface area contributed by atoms with Crippen LogP contribution in [0, 0.1) is 5.41 Å². The first-order valence-corrected chi connectivity index (χ1v) is 11.9. The molecule has 0 aliphatic carbocycles. The number of hydrogen-bond acceptors (Lipinski definition) is 8. The summed E-state index contributed by atoms with van der Waals surface area (Å²) in [6.07, 6.45) is 6.23. The molecule has 2 unspecified atom stereocenters. The minimum atomic E-state index is -0.978. The number of hydrogen-bond donors (Lipinski definition) is 3. The Kier molecular flexibility index (Phi) is 9.77. The number of nitrogens with one attached hydrogen (secondary N) is 2. The van der Waals surface area contributed by atoms with Crippen molar-refractivity contribution < 1.29 is 13.7 Å². The van der Waals surface area contributed by atoms with Crippen molar-refractivity contribution in [1.82, 2.24) is 9.97 Å². The third-order valence-corrected chi connectivity index (χ3v) is 5.79. The molecule has 0 radical (unpaired) electrons. The molecule has 174 valence electrons. The standard InChI is InChI=1S/C15H13Cl2N3O2.C7H10N2OS/c1-8(15-11(16)5-20-6-12(15)17)22-9-2-3-13(18)10(4-9)14(19)7-21;1-8-6-3-4-7(9-5-6)11(2)10/h2-8,19H,18H2,1H3;3-5,8H,1-2H3. The van der Waals surface area contributed by atoms with Crippen LogP contribution >= 0.6 is 23.2 Å². The Morgan fingerprint density at radius 3 is 2.39 bits per heavy atom. The molecule has 2 heterocycles. The number of carbonyl (C=O) groups excluding carboxylic acids is 1. The molecule has 0 bridgehead atoms. The first kappa shape index (κ1) is 26.2. The Labute approximate surface area is 204 Å². The number of anilines is 2. The minimum Gasteiger partial charge on any atom is -0.486 e. The average molecular weight is 508 g/mol. The summed E-state index contributed by atoms with van der Waals surface area (Å²) >= 11 is 12.2. The van der Waals surface area contributed by atoms with Crippen LogP contribution in [-0.2, 0) is 15.6 Å². The summed E-state index contributed by atoms with van der Waals surface area (Å²) in [5.74, 6) is 0.451. The van der Waals surface area contributed by atoms with Crippen LogP contribution < -0.4 is 15.8 Å². The third kappa shape index (κ3) is 7.24. The van der Waals surface area contributed by atoms with Gasteiger partial charge >= 0.3 is 0 Å². The van der Waals surface area contributed by atoms with Crippen LogP contribution in [0.5, 0.6) is 5.75 Å². The Bertz CT molecular complexity index is 1140. The number of nitrogen functional groups attached to an aromatic ring is 1. The smallest absolute Gasteiger partial charge is 0.168 e. The highest BCUT2D eigenvalue weighted by molar-refractivity contribution is 7.84. The number of benzene rings is 1. The molecule has 33 heavy (non-hydrogen) atoms. The lowest BCUT2D eigenvalue weighted by Gasteiger charge is -2.18. The predicted molar refractivity (Wildman–Crippen MR) is 133 cm³/mol. The quantitative estimate of drug-likeness (QED) is 0.243. The van der Waals surface area contributed by atoms with Gasteiger partial charge in [-0.25, -0.2) is 4.98 Å². The average Bonchev–Trinajstić information content (AvgIpc) is 2.80. The molecule has 8 nitrogen and oxygen atoms in total. The lowest BCUT2D eigenvalue weighted by atomic mass is 10.1. The monoisotopic (exact) mass is 507 g/mol. The number of aromatic nitrogens is 2. The second kappa shape index (κ2) is 12.3. The molecule has 4 N–H and O–H groups in total. The highest BCUT2D eigenvalue weighted by Crippen LogP contribution is 2.33. The van der Waals surface area contributed by atoms with E-state index < -0.39 is 16.9 Å². The van der Waals surface area contributed by atoms with E-state index >= 15 is 0 Å². The van der Waals surface area contributed by atoms with E-state index in [1.165, 1.54) is 18.5 Å². The molecule has 3 rings (SSSR count). The van der Waals surface area contributed by atoms with Gasteiger partial charge in [-0.15, -0.1) is 0 Å². The fraction of sp³-hybridized carbons (Fsp3) is 0.182. The highest BCUT2D eigenvalue weighted by atomic mass is 35.5. The van der Waals surface area contributed by atoms with Gasteiger partial charge in [-0.3, -0.25) is 19.4 Å². The molecule has 0 aliphatic heterocycles. The lowest BCUT2D eigenvalue weighted by molar-refractivity contribution is -0.102. The topological polar surface area (TPSA) is 131 Å². The second-order valence-corrected chi connectivity index (χ2v) is 8.79. The van der Waals surface area contributed by atoms with Crippen LogP contribution in [-0.4, -0.2) is 39.5 Å². The van der Waals surface area contributed by atoms with Crippen LogP contribution in [0.1, 0.15) is 24.2 Å². The molecule has 2 aromatic heterocycles. The molecule has 0 fully saturated rings. The van der Waals surface area contributed by atoms with E-state index in [9.17, 15) is 9.00 Å². The maximum absolute atomic E-state index is 10.9. The first-order chi connectivity index (χ1) is 15.7. The van der Waals surface area contributed by atoms with Crippen molar-refractivity contribution in [3.8, 4) is 5.75 Å². The molecular weight excluding hydrogens is 485 g/mol. The normalized spacial score (nSPS) is 12.0. The van der Waals surface area contributed by atoms with E-state index in [1.807, 2.05) is 13.1 Å². The van der Waals surface area contributed by atoms with Gasteiger partial charge < -0.3 is 15.8 Å². The van der Waals surface area contributed by atoms with Gasteiger partial charge in [-0.1, -0.05) is 23.2 Å². The summed E-state index contributed by atoms with van der Waals surface area (Å²) in [6, 6.07) is 8.36. The van der Waals surface area contributed by atoms with E-state index in [1.54, 1.807) is 37.6 Å². The van der Waals surface area contributed by atoms with Crippen LogP contribution in [0.15, 0.2) is 53.9 Å². The van der Waals surface area contributed by atoms with Gasteiger partial charge in [0.2, 0.25) is 0 Å². The lowest BCUT2D eigenvalue weighted by Crippen LogP contribution is -2.08. The largest absolute Gasteiger partial charge is 0.486 e. The van der Waals surface area contributed by atoms with Crippen molar-refractivity contribution in [2.45, 2.75) is 18.1 Å². The number of aldehydes is 1. The molecule has 0 saturated heterocycles. The molecule has 0 spiro atoms. The van der Waals surface area contributed by atoms with Gasteiger partial charge in [-0.2, -0.15) is 0 Å². The Morgan fingerprint density at radius 1 is 1.21 bits per heavy atom. The maximum Gasteiger partial charge on any atom is 0.168 e. The van der Waals surface area contributed by atoms with Gasteiger partial charge in [0, 0.05) is 42.5 Å². The Morgan fingerprint density at radius 2 is 1.88 bits per heavy atom. The van der Waals surface area contributed by atoms with Crippen molar-refractivity contribution in [3.05, 3.63) is 70.1 Å². The van der Waals surface area contributed by atoms with E-state index in [4.69, 9.17) is 39.1 Å². The minimum absolute atomic E-state index is 0.212. The van der Waals surface area contributed by atoms with Crippen LogP contribution in [0.3, 0.4) is 0 Å². The fourth-order valence-corrected chi connectivity index (χ4v) is 3.81. The van der Waals surface area contributed by atoms with Crippen molar-refractivity contribution in [1.29, 1.82) is 5.41 Å². The number of halogens is 2. The molecule has 1 aromatic carbocycles. The van der Waals surface area contributed by atoms with E-state index in [0.717, 1.165) is 5.69 Å². The van der Waals surface area contributed by atoms with Crippen molar-refractivity contribution in [3.63, 3.8) is 0 Å². The van der Waals surface area contributed by atoms with Gasteiger partial charge in [0.05, 0.1) is 32.7 Å².